The number of para-hydroxylation sites is 2. The molecule has 1 aromatic heterocycles. The number of carbonyl (C=O) groups excluding carboxylic acids is 1. The number of hydrogen-bond acceptors (Lipinski definition) is 4. The average Bonchev–Trinajstić information content (AvgIpc) is 2.60. The number of hydrogen-bond donors (Lipinski definition) is 2. The minimum absolute atomic E-state index is 0.263. The van der Waals surface area contributed by atoms with E-state index in [-0.39, 0.29) is 5.91 Å². The molecule has 0 saturated carbocycles. The van der Waals surface area contributed by atoms with Crippen molar-refractivity contribution in [2.75, 3.05) is 10.6 Å². The Hall–Kier alpha value is -3.21. The van der Waals surface area contributed by atoms with Gasteiger partial charge in [-0.15, -0.1) is 0 Å². The van der Waals surface area contributed by atoms with Crippen LogP contribution >= 0.6 is 0 Å². The zero-order valence-electron chi connectivity index (χ0n) is 14.5. The third-order valence-electron chi connectivity index (χ3n) is 4.00. The second-order valence-corrected chi connectivity index (χ2v) is 5.93. The molecule has 0 aliphatic heterocycles. The number of aryl methyl sites for hydroxylation is 3. The van der Waals surface area contributed by atoms with E-state index in [1.54, 1.807) is 12.3 Å². The van der Waals surface area contributed by atoms with Crippen LogP contribution in [0.15, 0.2) is 54.7 Å². The lowest BCUT2D eigenvalue weighted by atomic mass is 10.1. The fourth-order valence-electron chi connectivity index (χ4n) is 2.57. The van der Waals surface area contributed by atoms with Crippen molar-refractivity contribution < 1.29 is 4.79 Å². The van der Waals surface area contributed by atoms with E-state index in [1.165, 1.54) is 0 Å². The lowest BCUT2D eigenvalue weighted by Gasteiger charge is -2.12. The summed E-state index contributed by atoms with van der Waals surface area (Å²) >= 11 is 0. The van der Waals surface area contributed by atoms with Gasteiger partial charge in [0.1, 0.15) is 5.69 Å². The van der Waals surface area contributed by atoms with Crippen LogP contribution in [0.3, 0.4) is 0 Å². The summed E-state index contributed by atoms with van der Waals surface area (Å²) < 4.78 is 0. The van der Waals surface area contributed by atoms with Gasteiger partial charge < -0.3 is 10.6 Å². The molecule has 2 N–H and O–H groups in total. The molecule has 0 unspecified atom stereocenters. The fourth-order valence-corrected chi connectivity index (χ4v) is 2.57. The molecule has 0 radical (unpaired) electrons. The van der Waals surface area contributed by atoms with Gasteiger partial charge in [-0.1, -0.05) is 36.4 Å². The van der Waals surface area contributed by atoms with Gasteiger partial charge in [-0.05, 0) is 49.6 Å². The molecule has 0 aliphatic carbocycles. The summed E-state index contributed by atoms with van der Waals surface area (Å²) in [4.78, 5) is 21.0. The lowest BCUT2D eigenvalue weighted by molar-refractivity contribution is 0.102. The number of anilines is 3. The second kappa shape index (κ2) is 7.13. The molecule has 0 saturated heterocycles. The van der Waals surface area contributed by atoms with E-state index in [4.69, 9.17) is 0 Å². The number of nitrogens with one attached hydrogen (secondary N) is 2. The number of carbonyl (C=O) groups is 1. The van der Waals surface area contributed by atoms with Crippen LogP contribution in [0.25, 0.3) is 0 Å². The van der Waals surface area contributed by atoms with Crippen molar-refractivity contribution >= 4 is 23.2 Å². The molecule has 0 aliphatic rings. The van der Waals surface area contributed by atoms with Crippen molar-refractivity contribution in [3.63, 3.8) is 0 Å². The third kappa shape index (κ3) is 3.83. The van der Waals surface area contributed by atoms with Gasteiger partial charge in [0.15, 0.2) is 0 Å². The van der Waals surface area contributed by atoms with Crippen molar-refractivity contribution in [2.45, 2.75) is 20.8 Å². The predicted octanol–water partition coefficient (Wildman–Crippen LogP) is 4.40. The van der Waals surface area contributed by atoms with Crippen LogP contribution < -0.4 is 10.6 Å². The zero-order chi connectivity index (χ0) is 17.8. The Balaban J connectivity index is 1.82. The molecule has 0 spiro atoms. The quantitative estimate of drug-likeness (QED) is 0.743. The number of nitrogens with zero attached hydrogens (tertiary/aromatic N) is 2. The Morgan fingerprint density at radius 3 is 2.28 bits per heavy atom. The maximum Gasteiger partial charge on any atom is 0.274 e. The SMILES string of the molecule is Cc1ccccc1NC(=O)c1ccnc(Nc2c(C)cccc2C)n1. The first-order valence-electron chi connectivity index (χ1n) is 8.08. The van der Waals surface area contributed by atoms with Gasteiger partial charge in [-0.2, -0.15) is 0 Å². The van der Waals surface area contributed by atoms with Crippen molar-refractivity contribution in [2.24, 2.45) is 0 Å². The molecule has 2 aromatic carbocycles. The van der Waals surface area contributed by atoms with E-state index >= 15 is 0 Å². The Morgan fingerprint density at radius 1 is 0.880 bits per heavy atom. The molecule has 25 heavy (non-hydrogen) atoms. The number of rotatable bonds is 4. The van der Waals surface area contributed by atoms with E-state index in [9.17, 15) is 4.79 Å². The van der Waals surface area contributed by atoms with Gasteiger partial charge in [0, 0.05) is 17.6 Å². The maximum atomic E-state index is 12.5. The summed E-state index contributed by atoms with van der Waals surface area (Å²) in [7, 11) is 0. The van der Waals surface area contributed by atoms with Gasteiger partial charge in [0.05, 0.1) is 0 Å². The monoisotopic (exact) mass is 332 g/mol. The van der Waals surface area contributed by atoms with E-state index in [0.717, 1.165) is 28.1 Å². The van der Waals surface area contributed by atoms with Crippen LogP contribution in [0.1, 0.15) is 27.2 Å². The highest BCUT2D eigenvalue weighted by Crippen LogP contribution is 2.22. The standard InChI is InChI=1S/C20H20N4O/c1-13-7-4-5-10-16(13)22-19(25)17-11-12-21-20(23-17)24-18-14(2)8-6-9-15(18)3/h4-12H,1-3H3,(H,22,25)(H,21,23,24). The highest BCUT2D eigenvalue weighted by Gasteiger charge is 2.11. The largest absolute Gasteiger partial charge is 0.324 e. The Kier molecular flexibility index (Phi) is 4.75. The van der Waals surface area contributed by atoms with E-state index < -0.39 is 0 Å². The molecule has 1 heterocycles. The van der Waals surface area contributed by atoms with Gasteiger partial charge >= 0.3 is 0 Å². The predicted molar refractivity (Wildman–Crippen MR) is 100 cm³/mol. The Labute approximate surface area is 147 Å². The first kappa shape index (κ1) is 16.6. The lowest BCUT2D eigenvalue weighted by Crippen LogP contribution is -2.15. The van der Waals surface area contributed by atoms with Gasteiger partial charge in [-0.25, -0.2) is 9.97 Å². The minimum Gasteiger partial charge on any atom is -0.324 e. The van der Waals surface area contributed by atoms with Gasteiger partial charge in [0.2, 0.25) is 5.95 Å². The van der Waals surface area contributed by atoms with Crippen LogP contribution in [-0.4, -0.2) is 15.9 Å². The molecule has 0 fully saturated rings. The Morgan fingerprint density at radius 2 is 1.56 bits per heavy atom. The first-order chi connectivity index (χ1) is 12.0. The van der Waals surface area contributed by atoms with E-state index in [1.807, 2.05) is 63.2 Å². The average molecular weight is 332 g/mol. The van der Waals surface area contributed by atoms with Crippen molar-refractivity contribution in [3.05, 3.63) is 77.1 Å². The van der Waals surface area contributed by atoms with Crippen LogP contribution in [0, 0.1) is 20.8 Å². The molecular formula is C20H20N4O. The second-order valence-electron chi connectivity index (χ2n) is 5.93. The first-order valence-corrected chi connectivity index (χ1v) is 8.08. The molecule has 3 rings (SSSR count). The summed E-state index contributed by atoms with van der Waals surface area (Å²) in [6.45, 7) is 5.98. The highest BCUT2D eigenvalue weighted by molar-refractivity contribution is 6.03. The summed E-state index contributed by atoms with van der Waals surface area (Å²) in [5.41, 5.74) is 5.23. The zero-order valence-corrected chi connectivity index (χ0v) is 14.5. The van der Waals surface area contributed by atoms with Crippen LogP contribution in [-0.2, 0) is 0 Å². The molecule has 0 atom stereocenters. The molecule has 5 nitrogen and oxygen atoms in total. The molecule has 1 amide bonds. The summed E-state index contributed by atoms with van der Waals surface area (Å²) in [5, 5.41) is 6.09. The molecular weight excluding hydrogens is 312 g/mol. The van der Waals surface area contributed by atoms with Crippen molar-refractivity contribution in [1.29, 1.82) is 0 Å². The maximum absolute atomic E-state index is 12.5. The smallest absolute Gasteiger partial charge is 0.274 e. The van der Waals surface area contributed by atoms with Crippen molar-refractivity contribution in [1.82, 2.24) is 9.97 Å². The number of aromatic nitrogens is 2. The van der Waals surface area contributed by atoms with Gasteiger partial charge in [-0.3, -0.25) is 4.79 Å². The highest BCUT2D eigenvalue weighted by atomic mass is 16.1. The van der Waals surface area contributed by atoms with Crippen LogP contribution in [0.4, 0.5) is 17.3 Å². The topological polar surface area (TPSA) is 66.9 Å². The summed E-state index contributed by atoms with van der Waals surface area (Å²) in [6, 6.07) is 15.3. The van der Waals surface area contributed by atoms with Crippen LogP contribution in [0.5, 0.6) is 0 Å². The number of benzene rings is 2. The van der Waals surface area contributed by atoms with E-state index in [2.05, 4.69) is 20.6 Å². The molecule has 126 valence electrons. The Bertz CT molecular complexity index is 901. The molecule has 3 aromatic rings. The van der Waals surface area contributed by atoms with Crippen molar-refractivity contribution in [3.8, 4) is 0 Å². The normalized spacial score (nSPS) is 10.4. The van der Waals surface area contributed by atoms with Gasteiger partial charge in [0.25, 0.3) is 5.91 Å². The summed E-state index contributed by atoms with van der Waals surface area (Å²) in [6.07, 6.45) is 1.58. The van der Waals surface area contributed by atoms with Crippen LogP contribution in [0.2, 0.25) is 0 Å². The third-order valence-corrected chi connectivity index (χ3v) is 4.00. The summed E-state index contributed by atoms with van der Waals surface area (Å²) in [5.74, 6) is 0.135. The van der Waals surface area contributed by atoms with E-state index in [0.29, 0.717) is 11.6 Å². The fraction of sp³-hybridized carbons (Fsp3) is 0.150. The molecule has 5 heteroatoms. The molecule has 0 bridgehead atoms. The number of amides is 1. The minimum atomic E-state index is -0.263.